The average Bonchev–Trinajstić information content (AvgIpc) is 2.67. The summed E-state index contributed by atoms with van der Waals surface area (Å²) in [5.41, 5.74) is 0.721. The van der Waals surface area contributed by atoms with Crippen molar-refractivity contribution in [2.75, 3.05) is 6.26 Å². The van der Waals surface area contributed by atoms with Crippen LogP contribution in [0.1, 0.15) is 21.5 Å². The van der Waals surface area contributed by atoms with Crippen molar-refractivity contribution in [1.29, 1.82) is 5.26 Å². The zero-order valence-corrected chi connectivity index (χ0v) is 15.3. The summed E-state index contributed by atoms with van der Waals surface area (Å²) >= 11 is 7.26. The molecule has 2 aromatic heterocycles. The molecule has 0 saturated carbocycles. The molecule has 0 aliphatic heterocycles. The number of nitrogens with zero attached hydrogens (tertiary/aromatic N) is 2. The molecule has 0 atom stereocenters. The first-order chi connectivity index (χ1) is 12.6. The van der Waals surface area contributed by atoms with Gasteiger partial charge in [0.2, 0.25) is 0 Å². The Hall–Kier alpha value is -2.75. The maximum absolute atomic E-state index is 12.8. The van der Waals surface area contributed by atoms with E-state index in [1.54, 1.807) is 48.7 Å². The molecule has 0 unspecified atom stereocenters. The van der Waals surface area contributed by atoms with E-state index in [1.807, 2.05) is 6.07 Å². The molecule has 1 aromatic carbocycles. The highest BCUT2D eigenvalue weighted by molar-refractivity contribution is 7.98. The molecule has 0 N–H and O–H groups in total. The van der Waals surface area contributed by atoms with Crippen molar-refractivity contribution in [1.82, 2.24) is 4.40 Å². The van der Waals surface area contributed by atoms with E-state index in [-0.39, 0.29) is 17.7 Å². The van der Waals surface area contributed by atoms with Crippen molar-refractivity contribution in [3.05, 3.63) is 80.7 Å². The Morgan fingerprint density at radius 2 is 2.00 bits per heavy atom. The van der Waals surface area contributed by atoms with Crippen LogP contribution in [0.25, 0.3) is 5.52 Å². The van der Waals surface area contributed by atoms with E-state index >= 15 is 0 Å². The molecule has 130 valence electrons. The van der Waals surface area contributed by atoms with Gasteiger partial charge in [0.1, 0.15) is 18.2 Å². The van der Waals surface area contributed by atoms with Crippen LogP contribution in [-0.2, 0) is 11.3 Å². The monoisotopic (exact) mass is 384 g/mol. The van der Waals surface area contributed by atoms with Crippen LogP contribution >= 0.6 is 23.4 Å². The zero-order valence-electron chi connectivity index (χ0n) is 13.7. The summed E-state index contributed by atoms with van der Waals surface area (Å²) < 4.78 is 6.71. The summed E-state index contributed by atoms with van der Waals surface area (Å²) in [7, 11) is 0. The Morgan fingerprint density at radius 1 is 1.27 bits per heavy atom. The first-order valence-corrected chi connectivity index (χ1v) is 9.20. The lowest BCUT2D eigenvalue weighted by atomic mass is 10.1. The standard InChI is InChI=1S/C19H13ClN2O3S/c1-26-17-13(10-21)18(23)22-9-5-4-8-15(22)16(17)19(24)25-11-12-6-2-3-7-14(12)20/h2-9H,11H2,1H3. The minimum atomic E-state index is -0.616. The Morgan fingerprint density at radius 3 is 2.69 bits per heavy atom. The summed E-state index contributed by atoms with van der Waals surface area (Å²) in [4.78, 5) is 25.6. The maximum Gasteiger partial charge on any atom is 0.341 e. The number of ether oxygens (including phenoxy) is 1. The molecular weight excluding hydrogens is 372 g/mol. The molecule has 0 amide bonds. The summed E-state index contributed by atoms with van der Waals surface area (Å²) in [5.74, 6) is -0.616. The number of carbonyl (C=O) groups is 1. The number of fused-ring (bicyclic) bond motifs is 1. The lowest BCUT2D eigenvalue weighted by Gasteiger charge is -2.13. The number of esters is 1. The highest BCUT2D eigenvalue weighted by Crippen LogP contribution is 2.27. The molecule has 2 heterocycles. The molecule has 3 rings (SSSR count). The van der Waals surface area contributed by atoms with Gasteiger partial charge in [0, 0.05) is 21.7 Å². The third-order valence-electron chi connectivity index (χ3n) is 3.84. The van der Waals surface area contributed by atoms with Gasteiger partial charge in [-0.25, -0.2) is 4.79 Å². The number of rotatable bonds is 4. The number of hydrogen-bond acceptors (Lipinski definition) is 5. The topological polar surface area (TPSA) is 71.6 Å². The van der Waals surface area contributed by atoms with Gasteiger partial charge >= 0.3 is 5.97 Å². The molecule has 0 bridgehead atoms. The summed E-state index contributed by atoms with van der Waals surface area (Å²) in [6.07, 6.45) is 3.23. The third-order valence-corrected chi connectivity index (χ3v) is 5.02. The molecule has 7 heteroatoms. The molecule has 0 aliphatic rings. The fourth-order valence-electron chi connectivity index (χ4n) is 2.61. The van der Waals surface area contributed by atoms with Crippen LogP contribution in [0.3, 0.4) is 0 Å². The Balaban J connectivity index is 2.10. The van der Waals surface area contributed by atoms with E-state index in [9.17, 15) is 14.9 Å². The predicted octanol–water partition coefficient (Wildman–Crippen LogP) is 3.90. The van der Waals surface area contributed by atoms with E-state index in [0.717, 1.165) is 0 Å². The molecule has 0 saturated heterocycles. The molecular formula is C19H13ClN2O3S. The molecule has 26 heavy (non-hydrogen) atoms. The lowest BCUT2D eigenvalue weighted by Crippen LogP contribution is -2.22. The number of aromatic nitrogens is 1. The van der Waals surface area contributed by atoms with E-state index in [4.69, 9.17) is 16.3 Å². The highest BCUT2D eigenvalue weighted by Gasteiger charge is 2.23. The van der Waals surface area contributed by atoms with Crippen LogP contribution in [0.4, 0.5) is 0 Å². The number of thioether (sulfide) groups is 1. The van der Waals surface area contributed by atoms with E-state index in [0.29, 0.717) is 21.0 Å². The van der Waals surface area contributed by atoms with Gasteiger partial charge in [-0.05, 0) is 24.5 Å². The van der Waals surface area contributed by atoms with Crippen LogP contribution in [-0.4, -0.2) is 16.6 Å². The summed E-state index contributed by atoms with van der Waals surface area (Å²) in [6.45, 7) is -0.00760. The minimum absolute atomic E-state index is 0.00760. The van der Waals surface area contributed by atoms with E-state index < -0.39 is 11.5 Å². The number of hydrogen-bond donors (Lipinski definition) is 0. The van der Waals surface area contributed by atoms with Gasteiger partial charge in [-0.1, -0.05) is 35.9 Å². The second-order valence-corrected chi connectivity index (χ2v) is 6.55. The molecule has 5 nitrogen and oxygen atoms in total. The number of benzene rings is 1. The van der Waals surface area contributed by atoms with Crippen LogP contribution in [0.2, 0.25) is 5.02 Å². The quantitative estimate of drug-likeness (QED) is 0.504. The fraction of sp³-hybridized carbons (Fsp3) is 0.105. The number of carbonyl (C=O) groups excluding carboxylic acids is 1. The largest absolute Gasteiger partial charge is 0.457 e. The van der Waals surface area contributed by atoms with Crippen molar-refractivity contribution in [3.8, 4) is 6.07 Å². The molecule has 3 aromatic rings. The molecule has 0 radical (unpaired) electrons. The van der Waals surface area contributed by atoms with Gasteiger partial charge in [-0.2, -0.15) is 5.26 Å². The minimum Gasteiger partial charge on any atom is -0.457 e. The van der Waals surface area contributed by atoms with E-state index in [2.05, 4.69) is 0 Å². The van der Waals surface area contributed by atoms with Crippen molar-refractivity contribution in [2.45, 2.75) is 11.5 Å². The third kappa shape index (κ3) is 3.19. The zero-order chi connectivity index (χ0) is 18.7. The first-order valence-electron chi connectivity index (χ1n) is 7.60. The van der Waals surface area contributed by atoms with Gasteiger partial charge in [0.25, 0.3) is 5.56 Å². The maximum atomic E-state index is 12.8. The average molecular weight is 385 g/mol. The Bertz CT molecular complexity index is 1100. The van der Waals surface area contributed by atoms with Crippen molar-refractivity contribution < 1.29 is 9.53 Å². The van der Waals surface area contributed by atoms with Crippen molar-refractivity contribution >= 4 is 34.8 Å². The predicted molar refractivity (Wildman–Crippen MR) is 101 cm³/mol. The van der Waals surface area contributed by atoms with E-state index in [1.165, 1.54) is 22.4 Å². The number of nitriles is 1. The molecule has 0 fully saturated rings. The van der Waals surface area contributed by atoms with Gasteiger partial charge < -0.3 is 4.74 Å². The van der Waals surface area contributed by atoms with Crippen molar-refractivity contribution in [2.24, 2.45) is 0 Å². The molecule has 0 spiro atoms. The van der Waals surface area contributed by atoms with Crippen LogP contribution in [0, 0.1) is 11.3 Å². The number of halogens is 1. The summed E-state index contributed by atoms with van der Waals surface area (Å²) in [5, 5.41) is 9.89. The first kappa shape index (κ1) is 18.1. The molecule has 0 aliphatic carbocycles. The van der Waals surface area contributed by atoms with Gasteiger partial charge in [0.05, 0.1) is 11.1 Å². The second-order valence-electron chi connectivity index (χ2n) is 5.32. The Kier molecular flexibility index (Phi) is 5.31. The van der Waals surface area contributed by atoms with Crippen molar-refractivity contribution in [3.63, 3.8) is 0 Å². The van der Waals surface area contributed by atoms with Gasteiger partial charge in [-0.15, -0.1) is 11.8 Å². The SMILES string of the molecule is CSc1c(C#N)c(=O)n2ccccc2c1C(=O)OCc1ccccc1Cl. The second kappa shape index (κ2) is 7.65. The van der Waals surface area contributed by atoms with Gasteiger partial charge in [0.15, 0.2) is 0 Å². The normalized spacial score (nSPS) is 10.5. The fourth-order valence-corrected chi connectivity index (χ4v) is 3.53. The lowest BCUT2D eigenvalue weighted by molar-refractivity contribution is 0.0470. The highest BCUT2D eigenvalue weighted by atomic mass is 35.5. The smallest absolute Gasteiger partial charge is 0.341 e. The van der Waals surface area contributed by atoms with Crippen LogP contribution in [0.5, 0.6) is 0 Å². The summed E-state index contributed by atoms with van der Waals surface area (Å²) in [6, 6.07) is 14.0. The number of pyridine rings is 2. The van der Waals surface area contributed by atoms with Crippen LogP contribution in [0.15, 0.2) is 58.4 Å². The van der Waals surface area contributed by atoms with Crippen LogP contribution < -0.4 is 5.56 Å². The Labute approximate surface area is 158 Å². The van der Waals surface area contributed by atoms with Gasteiger partial charge in [-0.3, -0.25) is 9.20 Å².